The molecule has 0 fully saturated rings. The molecule has 3 aromatic carbocycles. The van der Waals surface area contributed by atoms with Crippen LogP contribution in [0.15, 0.2) is 95.3 Å². The van der Waals surface area contributed by atoms with Crippen LogP contribution in [-0.2, 0) is 21.2 Å². The number of nitrogens with zero attached hydrogens (tertiary/aromatic N) is 3. The van der Waals surface area contributed by atoms with Crippen molar-refractivity contribution < 1.29 is 18.0 Å². The molecule has 0 aliphatic heterocycles. The number of aryl methyl sites for hydroxylation is 1. The molecule has 1 atom stereocenters. The first-order valence-electron chi connectivity index (χ1n) is 12.6. The molecule has 0 saturated heterocycles. The number of sulfonamides is 1. The van der Waals surface area contributed by atoms with Gasteiger partial charge in [-0.25, -0.2) is 13.2 Å². The van der Waals surface area contributed by atoms with E-state index in [2.05, 4.69) is 31.9 Å². The van der Waals surface area contributed by atoms with Gasteiger partial charge in [0.2, 0.25) is 0 Å². The monoisotopic (exact) mass is 581 g/mol. The highest BCUT2D eigenvalue weighted by Crippen LogP contribution is 2.23. The zero-order chi connectivity index (χ0) is 28.4. The van der Waals surface area contributed by atoms with Gasteiger partial charge in [0.25, 0.3) is 10.0 Å². The summed E-state index contributed by atoms with van der Waals surface area (Å²) >= 11 is 1.02. The van der Waals surface area contributed by atoms with Gasteiger partial charge in [0.15, 0.2) is 0 Å². The van der Waals surface area contributed by atoms with Crippen LogP contribution in [0.5, 0.6) is 0 Å². The summed E-state index contributed by atoms with van der Waals surface area (Å²) in [4.78, 5) is 23.7. The minimum atomic E-state index is -4.11. The molecule has 0 amide bonds. The third-order valence-electron chi connectivity index (χ3n) is 6.41. The van der Waals surface area contributed by atoms with Crippen LogP contribution in [0, 0.1) is 18.8 Å². The lowest BCUT2D eigenvalue weighted by molar-refractivity contribution is -0.147. The van der Waals surface area contributed by atoms with Crippen molar-refractivity contribution in [3.8, 4) is 11.8 Å². The number of hydrogen-bond donors (Lipinski definition) is 2. The molecule has 204 valence electrons. The summed E-state index contributed by atoms with van der Waals surface area (Å²) in [6.45, 7) is 2.00. The van der Waals surface area contributed by atoms with E-state index in [1.54, 1.807) is 36.5 Å². The van der Waals surface area contributed by atoms with Gasteiger partial charge in [0.05, 0.1) is 4.88 Å². The van der Waals surface area contributed by atoms with E-state index in [9.17, 15) is 13.2 Å². The SMILES string of the molecule is Cc1ccc(C#Cc2ccc(S(=O)(=O)NC(Cc3c[nH]c4ccccc34)C(=O)On3nnc4ccccc43)s2)cc1. The normalized spacial score (nSPS) is 12.2. The molecule has 0 aliphatic rings. The van der Waals surface area contributed by atoms with E-state index in [0.717, 1.165) is 43.8 Å². The maximum atomic E-state index is 13.5. The van der Waals surface area contributed by atoms with Gasteiger partial charge >= 0.3 is 5.97 Å². The number of aromatic nitrogens is 4. The second-order valence-corrected chi connectivity index (χ2v) is 12.4. The highest BCUT2D eigenvalue weighted by Gasteiger charge is 2.30. The van der Waals surface area contributed by atoms with Crippen LogP contribution in [0.2, 0.25) is 0 Å². The lowest BCUT2D eigenvalue weighted by Gasteiger charge is -2.16. The van der Waals surface area contributed by atoms with Crippen molar-refractivity contribution in [2.24, 2.45) is 0 Å². The molecule has 2 N–H and O–H groups in total. The molecule has 1 unspecified atom stereocenters. The molecule has 3 aromatic heterocycles. The Bertz CT molecular complexity index is 2050. The lowest BCUT2D eigenvalue weighted by atomic mass is 10.1. The Balaban J connectivity index is 1.28. The number of para-hydroxylation sites is 2. The number of fused-ring (bicyclic) bond motifs is 2. The van der Waals surface area contributed by atoms with E-state index < -0.39 is 22.0 Å². The fourth-order valence-electron chi connectivity index (χ4n) is 4.31. The Kier molecular flexibility index (Phi) is 7.11. The minimum absolute atomic E-state index is 0.0358. The van der Waals surface area contributed by atoms with Crippen molar-refractivity contribution in [1.82, 2.24) is 24.9 Å². The first kappa shape index (κ1) is 26.5. The van der Waals surface area contributed by atoms with E-state index in [4.69, 9.17) is 4.84 Å². The smallest absolute Gasteiger partial charge is 0.353 e. The second kappa shape index (κ2) is 11.0. The van der Waals surface area contributed by atoms with Crippen LogP contribution in [0.3, 0.4) is 0 Å². The Labute approximate surface area is 239 Å². The van der Waals surface area contributed by atoms with Crippen LogP contribution in [-0.4, -0.2) is 40.6 Å². The van der Waals surface area contributed by atoms with E-state index in [1.807, 2.05) is 55.5 Å². The predicted octanol–water partition coefficient (Wildman–Crippen LogP) is 4.23. The maximum Gasteiger partial charge on any atom is 0.353 e. The van der Waals surface area contributed by atoms with Crippen molar-refractivity contribution in [2.75, 3.05) is 0 Å². The average molecular weight is 582 g/mol. The van der Waals surface area contributed by atoms with Gasteiger partial charge in [-0.15, -0.1) is 16.4 Å². The van der Waals surface area contributed by atoms with Crippen molar-refractivity contribution in [1.29, 1.82) is 0 Å². The summed E-state index contributed by atoms with van der Waals surface area (Å²) in [5.74, 6) is 5.24. The molecule has 6 rings (SSSR count). The van der Waals surface area contributed by atoms with Gasteiger partial charge in [0.1, 0.15) is 21.3 Å². The number of hydrogen-bond acceptors (Lipinski definition) is 7. The number of rotatable bonds is 7. The molecule has 9 nitrogen and oxygen atoms in total. The molecule has 0 spiro atoms. The van der Waals surface area contributed by atoms with E-state index in [-0.39, 0.29) is 10.6 Å². The number of thiophene rings is 1. The van der Waals surface area contributed by atoms with Crippen molar-refractivity contribution in [2.45, 2.75) is 23.6 Å². The van der Waals surface area contributed by atoms with E-state index in [1.165, 1.54) is 6.07 Å². The first-order valence-corrected chi connectivity index (χ1v) is 14.9. The number of carbonyl (C=O) groups is 1. The van der Waals surface area contributed by atoms with Gasteiger partial charge in [-0.05, 0) is 60.2 Å². The summed E-state index contributed by atoms with van der Waals surface area (Å²) in [7, 11) is -4.11. The predicted molar refractivity (Wildman–Crippen MR) is 157 cm³/mol. The van der Waals surface area contributed by atoms with Gasteiger partial charge in [-0.2, -0.15) is 4.72 Å². The fraction of sp³-hybridized carbons (Fsp3) is 0.100. The molecule has 11 heteroatoms. The molecule has 41 heavy (non-hydrogen) atoms. The zero-order valence-electron chi connectivity index (χ0n) is 21.7. The standard InChI is InChI=1S/C30H23N5O4S2/c1-20-10-12-21(13-11-20)14-15-23-16-17-29(40-23)41(37,38)33-27(18-22-19-31-25-7-3-2-6-24(22)25)30(36)39-35-28-9-5-4-8-26(28)32-34-35/h2-13,16-17,19,27,31,33H,18H2,1H3. The third-order valence-corrected chi connectivity index (χ3v) is 9.37. The second-order valence-electron chi connectivity index (χ2n) is 9.33. The number of nitrogens with one attached hydrogen (secondary N) is 2. The van der Waals surface area contributed by atoms with Gasteiger partial charge < -0.3 is 9.82 Å². The van der Waals surface area contributed by atoms with Gasteiger partial charge in [-0.1, -0.05) is 64.7 Å². The van der Waals surface area contributed by atoms with Crippen molar-refractivity contribution in [3.05, 3.63) is 113 Å². The highest BCUT2D eigenvalue weighted by atomic mass is 32.2. The molecule has 0 saturated carbocycles. The molecular weight excluding hydrogens is 558 g/mol. The van der Waals surface area contributed by atoms with Crippen molar-refractivity contribution >= 4 is 49.3 Å². The Morgan fingerprint density at radius 2 is 1.80 bits per heavy atom. The first-order chi connectivity index (χ1) is 19.9. The highest BCUT2D eigenvalue weighted by molar-refractivity contribution is 7.91. The molecular formula is C30H23N5O4S2. The quantitative estimate of drug-likeness (QED) is 0.215. The molecule has 0 aliphatic carbocycles. The largest absolute Gasteiger partial charge is 0.361 e. The third kappa shape index (κ3) is 5.76. The summed E-state index contributed by atoms with van der Waals surface area (Å²) in [5.41, 5.74) is 4.59. The fourth-order valence-corrected chi connectivity index (χ4v) is 6.67. The zero-order valence-corrected chi connectivity index (χ0v) is 23.4. The summed E-state index contributed by atoms with van der Waals surface area (Å²) in [6, 6.07) is 24.2. The van der Waals surface area contributed by atoms with Gasteiger partial charge in [-0.3, -0.25) is 0 Å². The summed E-state index contributed by atoms with van der Waals surface area (Å²) < 4.78 is 29.5. The van der Waals surface area contributed by atoms with Crippen molar-refractivity contribution in [3.63, 3.8) is 0 Å². The Morgan fingerprint density at radius 1 is 1.02 bits per heavy atom. The van der Waals surface area contributed by atoms with E-state index >= 15 is 0 Å². The number of benzene rings is 3. The van der Waals surface area contributed by atoms with Crippen LogP contribution in [0.25, 0.3) is 21.9 Å². The molecule has 3 heterocycles. The summed E-state index contributed by atoms with van der Waals surface area (Å²) in [5, 5.41) is 8.77. The van der Waals surface area contributed by atoms with Crippen LogP contribution in [0.1, 0.15) is 21.6 Å². The lowest BCUT2D eigenvalue weighted by Crippen LogP contribution is -2.46. The van der Waals surface area contributed by atoms with Gasteiger partial charge in [0, 0.05) is 29.1 Å². The van der Waals surface area contributed by atoms with Crippen LogP contribution in [0.4, 0.5) is 0 Å². The Hall–Kier alpha value is -4.76. The summed E-state index contributed by atoms with van der Waals surface area (Å²) in [6.07, 6.45) is 1.80. The number of H-pyrrole nitrogens is 1. The number of aromatic amines is 1. The molecule has 0 bridgehead atoms. The minimum Gasteiger partial charge on any atom is -0.361 e. The maximum absolute atomic E-state index is 13.5. The molecule has 6 aromatic rings. The Morgan fingerprint density at radius 3 is 2.66 bits per heavy atom. The van der Waals surface area contributed by atoms with Crippen LogP contribution < -0.4 is 9.56 Å². The average Bonchev–Trinajstić information content (AvgIpc) is 3.72. The van der Waals surface area contributed by atoms with E-state index in [0.29, 0.717) is 15.9 Å². The van der Waals surface area contributed by atoms with Crippen LogP contribution >= 0.6 is 11.3 Å². The number of carbonyl (C=O) groups excluding carboxylic acids is 1. The topological polar surface area (TPSA) is 119 Å². The molecule has 0 radical (unpaired) electrons.